The Labute approximate surface area is 105 Å². The zero-order chi connectivity index (χ0) is 12.4. The lowest BCUT2D eigenvalue weighted by Crippen LogP contribution is -2.40. The summed E-state index contributed by atoms with van der Waals surface area (Å²) < 4.78 is 0. The van der Waals surface area contributed by atoms with Crippen molar-refractivity contribution in [1.29, 1.82) is 0 Å². The van der Waals surface area contributed by atoms with Crippen molar-refractivity contribution in [2.75, 3.05) is 11.4 Å². The largest absolute Gasteiger partial charge is 0.389 e. The highest BCUT2D eigenvalue weighted by molar-refractivity contribution is 7.80. The molecule has 0 aliphatic carbocycles. The summed E-state index contributed by atoms with van der Waals surface area (Å²) >= 11 is 4.92. The summed E-state index contributed by atoms with van der Waals surface area (Å²) in [5.74, 6) is 0.390. The third-order valence-electron chi connectivity index (χ3n) is 2.91. The Bertz CT molecular complexity index is 463. The Morgan fingerprint density at radius 2 is 2.29 bits per heavy atom. The Balaban J connectivity index is 2.30. The number of nitrogens with two attached hydrogens (primary N) is 2. The number of primary amides is 1. The molecule has 1 fully saturated rings. The average Bonchev–Trinajstić information content (AvgIpc) is 2.78. The Morgan fingerprint density at radius 3 is 2.94 bits per heavy atom. The molecule has 4 N–H and O–H groups in total. The maximum absolute atomic E-state index is 11.3. The van der Waals surface area contributed by atoms with Crippen LogP contribution in [0.2, 0.25) is 0 Å². The number of pyridine rings is 1. The van der Waals surface area contributed by atoms with Gasteiger partial charge in [-0.05, 0) is 25.0 Å². The number of anilines is 1. The van der Waals surface area contributed by atoms with Gasteiger partial charge in [-0.25, -0.2) is 4.98 Å². The van der Waals surface area contributed by atoms with Crippen LogP contribution in [-0.4, -0.2) is 28.5 Å². The lowest BCUT2D eigenvalue weighted by atomic mass is 10.2. The van der Waals surface area contributed by atoms with E-state index in [1.807, 2.05) is 4.90 Å². The summed E-state index contributed by atoms with van der Waals surface area (Å²) in [4.78, 5) is 17.8. The van der Waals surface area contributed by atoms with Gasteiger partial charge in [-0.2, -0.15) is 0 Å². The molecule has 0 radical (unpaired) electrons. The van der Waals surface area contributed by atoms with Crippen LogP contribution in [0, 0.1) is 0 Å². The van der Waals surface area contributed by atoms with Gasteiger partial charge in [0.25, 0.3) is 0 Å². The van der Waals surface area contributed by atoms with Gasteiger partial charge in [0.15, 0.2) is 0 Å². The van der Waals surface area contributed by atoms with Gasteiger partial charge in [0, 0.05) is 18.3 Å². The monoisotopic (exact) mass is 250 g/mol. The lowest BCUT2D eigenvalue weighted by Gasteiger charge is -2.23. The summed E-state index contributed by atoms with van der Waals surface area (Å²) in [6, 6.07) is 3.27. The first-order valence-electron chi connectivity index (χ1n) is 5.41. The minimum atomic E-state index is -0.315. The number of rotatable bonds is 3. The van der Waals surface area contributed by atoms with Crippen molar-refractivity contribution in [3.8, 4) is 0 Å². The molecule has 1 aromatic rings. The van der Waals surface area contributed by atoms with Crippen molar-refractivity contribution in [3.05, 3.63) is 23.9 Å². The van der Waals surface area contributed by atoms with Crippen LogP contribution in [0.5, 0.6) is 0 Å². The summed E-state index contributed by atoms with van der Waals surface area (Å²) in [6.07, 6.45) is 3.35. The zero-order valence-electron chi connectivity index (χ0n) is 9.30. The molecule has 0 aromatic carbocycles. The van der Waals surface area contributed by atoms with Gasteiger partial charge in [-0.3, -0.25) is 4.79 Å². The Kier molecular flexibility index (Phi) is 3.23. The van der Waals surface area contributed by atoms with Gasteiger partial charge < -0.3 is 16.4 Å². The van der Waals surface area contributed by atoms with Crippen LogP contribution >= 0.6 is 12.2 Å². The summed E-state index contributed by atoms with van der Waals surface area (Å²) in [5.41, 5.74) is 11.7. The number of carbonyl (C=O) groups is 1. The predicted octanol–water partition coefficient (Wildman–Crippen LogP) is 0.170. The second-order valence-corrected chi connectivity index (χ2v) is 4.46. The molecule has 0 spiro atoms. The van der Waals surface area contributed by atoms with Crippen molar-refractivity contribution in [3.63, 3.8) is 0 Å². The second-order valence-electron chi connectivity index (χ2n) is 4.02. The minimum absolute atomic E-state index is 0.274. The number of hydrogen-bond acceptors (Lipinski definition) is 4. The molecule has 1 aliphatic heterocycles. The highest BCUT2D eigenvalue weighted by Gasteiger charge is 2.29. The quantitative estimate of drug-likeness (QED) is 0.747. The lowest BCUT2D eigenvalue weighted by molar-refractivity contribution is -0.119. The fourth-order valence-electron chi connectivity index (χ4n) is 2.07. The molecule has 1 aliphatic rings. The fraction of sp³-hybridized carbons (Fsp3) is 0.364. The van der Waals surface area contributed by atoms with Crippen LogP contribution in [0.4, 0.5) is 5.82 Å². The molecule has 17 heavy (non-hydrogen) atoms. The molecule has 2 rings (SSSR count). The topological polar surface area (TPSA) is 85.2 Å². The highest BCUT2D eigenvalue weighted by Crippen LogP contribution is 2.24. The van der Waals surface area contributed by atoms with E-state index >= 15 is 0 Å². The van der Waals surface area contributed by atoms with Gasteiger partial charge in [0.1, 0.15) is 16.8 Å². The van der Waals surface area contributed by atoms with E-state index in [1.165, 1.54) is 0 Å². The van der Waals surface area contributed by atoms with Gasteiger partial charge in [0.2, 0.25) is 5.91 Å². The molecule has 5 nitrogen and oxygen atoms in total. The predicted molar refractivity (Wildman–Crippen MR) is 69.7 cm³/mol. The van der Waals surface area contributed by atoms with Crippen molar-refractivity contribution in [2.24, 2.45) is 11.5 Å². The second kappa shape index (κ2) is 4.67. The van der Waals surface area contributed by atoms with Crippen LogP contribution in [0.3, 0.4) is 0 Å². The summed E-state index contributed by atoms with van der Waals surface area (Å²) in [6.45, 7) is 0.779. The first-order chi connectivity index (χ1) is 8.09. The number of thiocarbonyl (C=S) groups is 1. The van der Waals surface area contributed by atoms with Crippen LogP contribution in [0.1, 0.15) is 18.4 Å². The van der Waals surface area contributed by atoms with Crippen LogP contribution in [0.25, 0.3) is 0 Å². The minimum Gasteiger partial charge on any atom is -0.389 e. The van der Waals surface area contributed by atoms with Crippen molar-refractivity contribution < 1.29 is 4.79 Å². The van der Waals surface area contributed by atoms with Crippen molar-refractivity contribution in [2.45, 2.75) is 18.9 Å². The Hall–Kier alpha value is -1.69. The maximum atomic E-state index is 11.3. The van der Waals surface area contributed by atoms with E-state index in [1.54, 1.807) is 18.3 Å². The molecule has 6 heteroatoms. The molecule has 1 unspecified atom stereocenters. The van der Waals surface area contributed by atoms with Crippen LogP contribution in [0.15, 0.2) is 18.3 Å². The average molecular weight is 250 g/mol. The third kappa shape index (κ3) is 2.36. The molecule has 0 saturated carbocycles. The van der Waals surface area contributed by atoms with E-state index in [4.69, 9.17) is 23.7 Å². The molecular weight excluding hydrogens is 236 g/mol. The normalized spacial score (nSPS) is 19.3. The molecule has 2 heterocycles. The first-order valence-corrected chi connectivity index (χ1v) is 5.82. The van der Waals surface area contributed by atoms with E-state index < -0.39 is 0 Å². The number of carbonyl (C=O) groups excluding carboxylic acids is 1. The maximum Gasteiger partial charge on any atom is 0.240 e. The number of aromatic nitrogens is 1. The molecule has 0 bridgehead atoms. The van der Waals surface area contributed by atoms with Gasteiger partial charge >= 0.3 is 0 Å². The van der Waals surface area contributed by atoms with Crippen molar-refractivity contribution in [1.82, 2.24) is 4.98 Å². The number of amides is 1. The van der Waals surface area contributed by atoms with Crippen LogP contribution < -0.4 is 16.4 Å². The molecular formula is C11H14N4OS. The third-order valence-corrected chi connectivity index (χ3v) is 3.14. The van der Waals surface area contributed by atoms with Gasteiger partial charge in [-0.15, -0.1) is 0 Å². The SMILES string of the molecule is NC(=O)C1CCCN1c1cc(C(N)=S)ccn1. The zero-order valence-corrected chi connectivity index (χ0v) is 10.1. The number of nitrogens with zero attached hydrogens (tertiary/aromatic N) is 2. The van der Waals surface area contributed by atoms with E-state index in [9.17, 15) is 4.79 Å². The Morgan fingerprint density at radius 1 is 1.53 bits per heavy atom. The standard InChI is InChI=1S/C11H14N4OS/c12-10(16)8-2-1-5-15(8)9-6-7(11(13)17)3-4-14-9/h3-4,6,8H,1-2,5H2,(H2,12,16)(H2,13,17). The van der Waals surface area contributed by atoms with Gasteiger partial charge in [-0.1, -0.05) is 12.2 Å². The molecule has 1 aromatic heterocycles. The molecule has 1 saturated heterocycles. The van der Waals surface area contributed by atoms with E-state index in [0.717, 1.165) is 24.9 Å². The van der Waals surface area contributed by atoms with Crippen molar-refractivity contribution >= 4 is 28.9 Å². The first kappa shape index (κ1) is 11.8. The highest BCUT2D eigenvalue weighted by atomic mass is 32.1. The van der Waals surface area contributed by atoms with E-state index in [-0.39, 0.29) is 11.9 Å². The smallest absolute Gasteiger partial charge is 0.240 e. The summed E-state index contributed by atoms with van der Waals surface area (Å²) in [5, 5.41) is 0. The molecule has 90 valence electrons. The fourth-order valence-corrected chi connectivity index (χ4v) is 2.19. The molecule has 1 atom stereocenters. The van der Waals surface area contributed by atoms with E-state index in [2.05, 4.69) is 4.98 Å². The van der Waals surface area contributed by atoms with Gasteiger partial charge in [0.05, 0.1) is 0 Å². The summed E-state index contributed by atoms with van der Waals surface area (Å²) in [7, 11) is 0. The number of hydrogen-bond donors (Lipinski definition) is 2. The van der Waals surface area contributed by atoms with E-state index in [0.29, 0.717) is 10.8 Å². The van der Waals surface area contributed by atoms with Crippen LogP contribution in [-0.2, 0) is 4.79 Å². The molecule has 1 amide bonds.